The molecule has 0 atom stereocenters. The van der Waals surface area contributed by atoms with Gasteiger partial charge < -0.3 is 4.90 Å². The fourth-order valence-corrected chi connectivity index (χ4v) is 2.51. The first-order valence-corrected chi connectivity index (χ1v) is 7.29. The largest absolute Gasteiger partial charge is 0.372 e. The van der Waals surface area contributed by atoms with Gasteiger partial charge >= 0.3 is 0 Å². The van der Waals surface area contributed by atoms with Crippen LogP contribution in [0.4, 0.5) is 11.4 Å². The molecule has 0 aromatic heterocycles. The van der Waals surface area contributed by atoms with Gasteiger partial charge in [0.25, 0.3) is 0 Å². The third kappa shape index (κ3) is 3.03. The van der Waals surface area contributed by atoms with E-state index in [4.69, 9.17) is 5.53 Å². The van der Waals surface area contributed by atoms with Gasteiger partial charge in [-0.05, 0) is 32.0 Å². The Morgan fingerprint density at radius 3 is 2.29 bits per heavy atom. The Morgan fingerprint density at radius 1 is 1.29 bits per heavy atom. The van der Waals surface area contributed by atoms with E-state index < -0.39 is 9.84 Å². The van der Waals surface area contributed by atoms with E-state index in [0.29, 0.717) is 0 Å². The zero-order valence-corrected chi connectivity index (χ0v) is 11.1. The lowest BCUT2D eigenvalue weighted by Gasteiger charge is -2.21. The maximum atomic E-state index is 11.6. The average Bonchev–Trinajstić information content (AvgIpc) is 2.29. The number of sulfone groups is 1. The van der Waals surface area contributed by atoms with Gasteiger partial charge in [0.2, 0.25) is 0 Å². The van der Waals surface area contributed by atoms with Gasteiger partial charge in [-0.15, -0.1) is 0 Å². The van der Waals surface area contributed by atoms with E-state index in [9.17, 15) is 8.42 Å². The summed E-state index contributed by atoms with van der Waals surface area (Å²) in [5, 5.41) is 3.24. The van der Waals surface area contributed by atoms with Crippen LogP contribution in [0.25, 0.3) is 0 Å². The third-order valence-electron chi connectivity index (χ3n) is 2.59. The molecule has 0 fully saturated rings. The molecule has 5 nitrogen and oxygen atoms in total. The molecule has 1 rings (SSSR count). The Labute approximate surface area is 102 Å². The molecule has 0 unspecified atom stereocenters. The van der Waals surface area contributed by atoms with Crippen LogP contribution in [-0.2, 0) is 9.84 Å². The van der Waals surface area contributed by atoms with E-state index >= 15 is 0 Å². The average molecular weight is 255 g/mol. The van der Waals surface area contributed by atoms with Gasteiger partial charge in [0, 0.05) is 25.0 Å². The Balaban J connectivity index is 3.37. The quantitative estimate of drug-likeness (QED) is 0.822. The molecule has 0 bridgehead atoms. The van der Waals surface area contributed by atoms with Crippen LogP contribution in [0, 0.1) is 5.53 Å². The molecule has 0 aliphatic carbocycles. The minimum absolute atomic E-state index is 0.108. The van der Waals surface area contributed by atoms with Crippen molar-refractivity contribution < 1.29 is 8.42 Å². The summed E-state index contributed by atoms with van der Waals surface area (Å²) < 4.78 is 23.2. The molecule has 17 heavy (non-hydrogen) atoms. The zero-order valence-electron chi connectivity index (χ0n) is 10.3. The number of anilines is 1. The lowest BCUT2D eigenvalue weighted by atomic mass is 10.2. The van der Waals surface area contributed by atoms with Gasteiger partial charge in [-0.2, -0.15) is 5.11 Å². The molecule has 0 radical (unpaired) electrons. The fraction of sp³-hybridized carbons (Fsp3) is 0.455. The molecule has 0 aliphatic heterocycles. The molecule has 0 heterocycles. The van der Waals surface area contributed by atoms with Gasteiger partial charge in [-0.25, -0.2) is 13.9 Å². The van der Waals surface area contributed by atoms with Crippen molar-refractivity contribution in [3.63, 3.8) is 0 Å². The number of rotatable bonds is 5. The SMILES string of the molecule is CCN(CC)c1ccc(N=N)c(S(C)(=O)=O)c1. The van der Waals surface area contributed by atoms with Crippen LogP contribution in [-0.4, -0.2) is 27.8 Å². The van der Waals surface area contributed by atoms with Crippen molar-refractivity contribution in [2.45, 2.75) is 18.7 Å². The predicted molar refractivity (Wildman–Crippen MR) is 67.9 cm³/mol. The van der Waals surface area contributed by atoms with Crippen LogP contribution in [0.1, 0.15) is 13.8 Å². The van der Waals surface area contributed by atoms with Crippen LogP contribution < -0.4 is 4.90 Å². The minimum atomic E-state index is -3.36. The van der Waals surface area contributed by atoms with Crippen molar-refractivity contribution in [1.82, 2.24) is 0 Å². The lowest BCUT2D eigenvalue weighted by molar-refractivity contribution is 0.602. The van der Waals surface area contributed by atoms with Crippen LogP contribution in [0.3, 0.4) is 0 Å². The summed E-state index contributed by atoms with van der Waals surface area (Å²) in [4.78, 5) is 2.15. The molecular weight excluding hydrogens is 238 g/mol. The zero-order chi connectivity index (χ0) is 13.1. The van der Waals surface area contributed by atoms with Crippen molar-refractivity contribution in [1.29, 1.82) is 5.53 Å². The summed E-state index contributed by atoms with van der Waals surface area (Å²) in [5.74, 6) is 0. The topological polar surface area (TPSA) is 73.6 Å². The van der Waals surface area contributed by atoms with Crippen molar-refractivity contribution >= 4 is 21.2 Å². The van der Waals surface area contributed by atoms with Crippen LogP contribution in [0.5, 0.6) is 0 Å². The molecule has 0 spiro atoms. The number of hydrogen-bond donors (Lipinski definition) is 1. The van der Waals surface area contributed by atoms with Gasteiger partial charge in [0.05, 0.1) is 4.90 Å². The van der Waals surface area contributed by atoms with Gasteiger partial charge in [0.15, 0.2) is 9.84 Å². The van der Waals surface area contributed by atoms with E-state index in [1.165, 1.54) is 0 Å². The van der Waals surface area contributed by atoms with Crippen molar-refractivity contribution in [3.05, 3.63) is 18.2 Å². The Bertz CT molecular complexity index is 507. The molecule has 0 aliphatic rings. The van der Waals surface area contributed by atoms with Crippen molar-refractivity contribution in [2.24, 2.45) is 5.11 Å². The van der Waals surface area contributed by atoms with Gasteiger partial charge in [-0.3, -0.25) is 0 Å². The highest BCUT2D eigenvalue weighted by molar-refractivity contribution is 7.90. The molecule has 0 amide bonds. The second kappa shape index (κ2) is 5.27. The normalized spacial score (nSPS) is 11.2. The monoisotopic (exact) mass is 255 g/mol. The summed E-state index contributed by atoms with van der Waals surface area (Å²) in [6.07, 6.45) is 1.13. The summed E-state index contributed by atoms with van der Waals surface area (Å²) in [6, 6.07) is 4.93. The highest BCUT2D eigenvalue weighted by atomic mass is 32.2. The van der Waals surface area contributed by atoms with Crippen LogP contribution in [0.2, 0.25) is 0 Å². The minimum Gasteiger partial charge on any atom is -0.372 e. The first kappa shape index (κ1) is 13.6. The number of hydrogen-bond acceptors (Lipinski definition) is 5. The van der Waals surface area contributed by atoms with E-state index in [0.717, 1.165) is 25.0 Å². The second-order valence-electron chi connectivity index (χ2n) is 3.71. The van der Waals surface area contributed by atoms with Crippen molar-refractivity contribution in [2.75, 3.05) is 24.2 Å². The van der Waals surface area contributed by atoms with Crippen LogP contribution in [0.15, 0.2) is 28.2 Å². The summed E-state index contributed by atoms with van der Waals surface area (Å²) in [5.41, 5.74) is 8.00. The predicted octanol–water partition coefficient (Wildman–Crippen LogP) is 2.60. The summed E-state index contributed by atoms with van der Waals surface area (Å²) in [6.45, 7) is 5.62. The smallest absolute Gasteiger partial charge is 0.177 e. The molecule has 1 aromatic rings. The van der Waals surface area contributed by atoms with E-state index in [2.05, 4.69) is 5.11 Å². The Hall–Kier alpha value is -1.43. The number of nitrogens with zero attached hydrogens (tertiary/aromatic N) is 2. The maximum Gasteiger partial charge on any atom is 0.177 e. The summed E-state index contributed by atoms with van der Waals surface area (Å²) in [7, 11) is -3.36. The number of benzene rings is 1. The van der Waals surface area contributed by atoms with Crippen LogP contribution >= 0.6 is 0 Å². The molecular formula is C11H17N3O2S. The molecule has 6 heteroatoms. The molecule has 0 saturated heterocycles. The molecule has 1 N–H and O–H groups in total. The fourth-order valence-electron chi connectivity index (χ4n) is 1.68. The molecule has 1 aromatic carbocycles. The van der Waals surface area contributed by atoms with Crippen molar-refractivity contribution in [3.8, 4) is 0 Å². The molecule has 94 valence electrons. The Morgan fingerprint density at radius 2 is 1.88 bits per heavy atom. The van der Waals surface area contributed by atoms with E-state index in [-0.39, 0.29) is 10.6 Å². The number of nitrogens with one attached hydrogen (secondary N) is 1. The second-order valence-corrected chi connectivity index (χ2v) is 5.69. The first-order chi connectivity index (χ1) is 7.93. The third-order valence-corrected chi connectivity index (χ3v) is 3.72. The van der Waals surface area contributed by atoms with Gasteiger partial charge in [0.1, 0.15) is 5.69 Å². The highest BCUT2D eigenvalue weighted by Gasteiger charge is 2.15. The first-order valence-electron chi connectivity index (χ1n) is 5.40. The standard InChI is InChI=1S/C11H17N3O2S/c1-4-14(5-2)9-6-7-10(13-12)11(8-9)17(3,15)16/h6-8,12H,4-5H2,1-3H3. The van der Waals surface area contributed by atoms with E-state index in [1.54, 1.807) is 18.2 Å². The summed E-state index contributed by atoms with van der Waals surface area (Å²) >= 11 is 0. The highest BCUT2D eigenvalue weighted by Crippen LogP contribution is 2.29. The van der Waals surface area contributed by atoms with Gasteiger partial charge in [-0.1, -0.05) is 0 Å². The molecule has 0 saturated carbocycles. The van der Waals surface area contributed by atoms with E-state index in [1.807, 2.05) is 18.7 Å². The Kier molecular flexibility index (Phi) is 4.22. The maximum absolute atomic E-state index is 11.6. The lowest BCUT2D eigenvalue weighted by Crippen LogP contribution is -2.21.